The first-order chi connectivity index (χ1) is 15.3. The van der Waals surface area contributed by atoms with Crippen molar-refractivity contribution in [3.8, 4) is 11.5 Å². The molecule has 2 aromatic carbocycles. The number of benzene rings is 2. The molecule has 1 heterocycles. The van der Waals surface area contributed by atoms with Gasteiger partial charge in [0.1, 0.15) is 5.70 Å². The summed E-state index contributed by atoms with van der Waals surface area (Å²) in [5.74, 6) is 0.0349. The molecule has 0 unspecified atom stereocenters. The third kappa shape index (κ3) is 5.11. The minimum atomic E-state index is -0.597. The van der Waals surface area contributed by atoms with Gasteiger partial charge in [0.25, 0.3) is 5.91 Å². The van der Waals surface area contributed by atoms with Crippen LogP contribution < -0.4 is 14.8 Å². The molecular weight excluding hydrogens is 408 g/mol. The molecule has 1 N–H and O–H groups in total. The number of para-hydroxylation sites is 1. The first-order valence-electron chi connectivity index (χ1n) is 10.3. The van der Waals surface area contributed by atoms with E-state index >= 15 is 0 Å². The van der Waals surface area contributed by atoms with Crippen LogP contribution in [0, 0.1) is 5.92 Å². The maximum absolute atomic E-state index is 13.0. The molecule has 32 heavy (non-hydrogen) atoms. The van der Waals surface area contributed by atoms with Gasteiger partial charge in [-0.3, -0.25) is 4.79 Å². The number of carbonyl (C=O) groups excluding carboxylic acids is 2. The van der Waals surface area contributed by atoms with Gasteiger partial charge in [0.05, 0.1) is 20.8 Å². The van der Waals surface area contributed by atoms with E-state index in [1.165, 1.54) is 14.2 Å². The normalized spacial score (nSPS) is 11.5. The topological polar surface area (TPSA) is 78.8 Å². The number of aromatic nitrogens is 1. The number of methoxy groups -OCH3 is 2. The minimum Gasteiger partial charge on any atom is -0.493 e. The summed E-state index contributed by atoms with van der Waals surface area (Å²) < 4.78 is 17.9. The van der Waals surface area contributed by atoms with E-state index in [9.17, 15) is 9.59 Å². The lowest BCUT2D eigenvalue weighted by Crippen LogP contribution is -2.29. The Morgan fingerprint density at radius 2 is 1.78 bits per heavy atom. The maximum Gasteiger partial charge on any atom is 0.354 e. The van der Waals surface area contributed by atoms with Crippen molar-refractivity contribution < 1.29 is 23.8 Å². The molecule has 168 valence electrons. The largest absolute Gasteiger partial charge is 0.493 e. The molecule has 0 atom stereocenters. The van der Waals surface area contributed by atoms with Crippen molar-refractivity contribution >= 4 is 28.9 Å². The molecule has 0 aliphatic rings. The van der Waals surface area contributed by atoms with E-state index in [1.807, 2.05) is 55.9 Å². The third-order valence-electron chi connectivity index (χ3n) is 4.89. The van der Waals surface area contributed by atoms with Crippen LogP contribution in [-0.2, 0) is 16.6 Å². The summed E-state index contributed by atoms with van der Waals surface area (Å²) in [6.07, 6.45) is 3.55. The number of fused-ring (bicyclic) bond motifs is 1. The van der Waals surface area contributed by atoms with E-state index in [0.29, 0.717) is 17.1 Å². The van der Waals surface area contributed by atoms with E-state index in [-0.39, 0.29) is 18.2 Å². The number of aryl methyl sites for hydroxylation is 1. The van der Waals surface area contributed by atoms with E-state index in [4.69, 9.17) is 14.2 Å². The zero-order chi connectivity index (χ0) is 23.3. The highest BCUT2D eigenvalue weighted by Crippen LogP contribution is 2.28. The lowest BCUT2D eigenvalue weighted by Gasteiger charge is -2.13. The highest BCUT2D eigenvalue weighted by molar-refractivity contribution is 6.05. The summed E-state index contributed by atoms with van der Waals surface area (Å²) in [5, 5.41) is 3.67. The van der Waals surface area contributed by atoms with E-state index in [2.05, 4.69) is 5.32 Å². The number of rotatable bonds is 8. The van der Waals surface area contributed by atoms with Crippen molar-refractivity contribution in [2.75, 3.05) is 20.8 Å². The van der Waals surface area contributed by atoms with Gasteiger partial charge < -0.3 is 24.1 Å². The Kier molecular flexibility index (Phi) is 7.20. The molecule has 7 nitrogen and oxygen atoms in total. The summed E-state index contributed by atoms with van der Waals surface area (Å²) in [7, 11) is 4.95. The lowest BCUT2D eigenvalue weighted by atomic mass is 10.1. The molecule has 3 aromatic rings. The molecule has 7 heteroatoms. The average Bonchev–Trinajstić information content (AvgIpc) is 3.11. The van der Waals surface area contributed by atoms with Crippen molar-refractivity contribution in [3.63, 3.8) is 0 Å². The molecule has 1 amide bonds. The second-order valence-corrected chi connectivity index (χ2v) is 7.79. The Morgan fingerprint density at radius 1 is 1.06 bits per heavy atom. The smallest absolute Gasteiger partial charge is 0.354 e. The number of esters is 1. The molecule has 0 saturated carbocycles. The Balaban J connectivity index is 1.97. The predicted molar refractivity (Wildman–Crippen MR) is 124 cm³/mol. The van der Waals surface area contributed by atoms with E-state index < -0.39 is 11.9 Å². The van der Waals surface area contributed by atoms with Crippen molar-refractivity contribution in [2.45, 2.75) is 13.8 Å². The van der Waals surface area contributed by atoms with Crippen LogP contribution in [0.15, 0.2) is 54.4 Å². The fraction of sp³-hybridized carbons (Fsp3) is 0.280. The van der Waals surface area contributed by atoms with Crippen LogP contribution >= 0.6 is 0 Å². The van der Waals surface area contributed by atoms with Gasteiger partial charge in [0, 0.05) is 35.3 Å². The number of carbonyl (C=O) groups is 2. The summed E-state index contributed by atoms with van der Waals surface area (Å²) in [6, 6.07) is 12.6. The highest BCUT2D eigenvalue weighted by Gasteiger charge is 2.19. The average molecular weight is 437 g/mol. The van der Waals surface area contributed by atoms with Crippen LogP contribution in [0.2, 0.25) is 0 Å². The number of hydrogen-bond acceptors (Lipinski definition) is 5. The Bertz CT molecular complexity index is 1160. The van der Waals surface area contributed by atoms with Crippen LogP contribution in [-0.4, -0.2) is 37.3 Å². The molecule has 0 saturated heterocycles. The zero-order valence-electron chi connectivity index (χ0n) is 19.0. The summed E-state index contributed by atoms with van der Waals surface area (Å²) in [5.41, 5.74) is 2.19. The van der Waals surface area contributed by atoms with Gasteiger partial charge >= 0.3 is 5.97 Å². The van der Waals surface area contributed by atoms with Crippen LogP contribution in [0.1, 0.15) is 29.8 Å². The Hall–Kier alpha value is -3.74. The standard InChI is InChI=1S/C25H28N2O5/c1-16(2)15-32-25(29)20(12-18-14-27(3)21-9-7-6-8-19(18)21)26-24(28)17-10-11-22(30-4)23(13-17)31-5/h6-14,16H,15H2,1-5H3,(H,26,28). The zero-order valence-corrected chi connectivity index (χ0v) is 19.0. The third-order valence-corrected chi connectivity index (χ3v) is 4.89. The van der Waals surface area contributed by atoms with Gasteiger partial charge in [0.15, 0.2) is 11.5 Å². The monoisotopic (exact) mass is 436 g/mol. The number of amides is 1. The van der Waals surface area contributed by atoms with Gasteiger partial charge in [-0.1, -0.05) is 32.0 Å². The van der Waals surface area contributed by atoms with Gasteiger partial charge in [-0.15, -0.1) is 0 Å². The molecule has 0 bridgehead atoms. The first-order valence-corrected chi connectivity index (χ1v) is 10.3. The summed E-state index contributed by atoms with van der Waals surface area (Å²) >= 11 is 0. The highest BCUT2D eigenvalue weighted by atomic mass is 16.5. The lowest BCUT2D eigenvalue weighted by molar-refractivity contribution is -0.140. The summed E-state index contributed by atoms with van der Waals surface area (Å²) in [6.45, 7) is 4.14. The predicted octanol–water partition coefficient (Wildman–Crippen LogP) is 4.17. The maximum atomic E-state index is 13.0. The minimum absolute atomic E-state index is 0.0572. The Labute approximate surface area is 187 Å². The quantitative estimate of drug-likeness (QED) is 0.424. The van der Waals surface area contributed by atoms with E-state index in [0.717, 1.165) is 16.5 Å². The Morgan fingerprint density at radius 3 is 2.47 bits per heavy atom. The number of hydrogen-bond donors (Lipinski definition) is 1. The van der Waals surface area contributed by atoms with Crippen LogP contribution in [0.5, 0.6) is 11.5 Å². The number of ether oxygens (including phenoxy) is 3. The van der Waals surface area contributed by atoms with Crippen molar-refractivity contribution in [1.82, 2.24) is 9.88 Å². The molecule has 0 radical (unpaired) electrons. The van der Waals surface area contributed by atoms with Gasteiger partial charge in [0.2, 0.25) is 0 Å². The number of nitrogens with zero attached hydrogens (tertiary/aromatic N) is 1. The fourth-order valence-corrected chi connectivity index (χ4v) is 3.28. The van der Waals surface area contributed by atoms with Crippen LogP contribution in [0.3, 0.4) is 0 Å². The first kappa shape index (κ1) is 22.9. The van der Waals surface area contributed by atoms with Gasteiger partial charge in [-0.2, -0.15) is 0 Å². The van der Waals surface area contributed by atoms with Crippen molar-refractivity contribution in [2.24, 2.45) is 13.0 Å². The van der Waals surface area contributed by atoms with E-state index in [1.54, 1.807) is 24.3 Å². The molecule has 0 aliphatic carbocycles. The van der Waals surface area contributed by atoms with Crippen molar-refractivity contribution in [3.05, 3.63) is 65.5 Å². The second-order valence-electron chi connectivity index (χ2n) is 7.79. The van der Waals surface area contributed by atoms with Crippen LogP contribution in [0.4, 0.5) is 0 Å². The molecule has 0 fully saturated rings. The van der Waals surface area contributed by atoms with Crippen LogP contribution in [0.25, 0.3) is 17.0 Å². The van der Waals surface area contributed by atoms with Gasteiger partial charge in [-0.25, -0.2) is 4.79 Å². The molecule has 1 aromatic heterocycles. The molecule has 0 spiro atoms. The van der Waals surface area contributed by atoms with Crippen molar-refractivity contribution in [1.29, 1.82) is 0 Å². The number of nitrogens with one attached hydrogen (secondary N) is 1. The molecule has 0 aliphatic heterocycles. The molecule has 3 rings (SSSR count). The second kappa shape index (κ2) is 10.0. The fourth-order valence-electron chi connectivity index (χ4n) is 3.28. The molecular formula is C25H28N2O5. The summed E-state index contributed by atoms with van der Waals surface area (Å²) in [4.78, 5) is 25.8. The van der Waals surface area contributed by atoms with Gasteiger partial charge in [-0.05, 0) is 36.3 Å². The SMILES string of the molecule is COc1ccc(C(=O)NC(=Cc2cn(C)c3ccccc23)C(=O)OCC(C)C)cc1OC.